The molecule has 35 heavy (non-hydrogen) atoms. The van der Waals surface area contributed by atoms with Crippen molar-refractivity contribution in [2.75, 3.05) is 11.9 Å². The maximum Gasteiger partial charge on any atom is 0.416 e. The zero-order chi connectivity index (χ0) is 25.9. The molecule has 1 N–H and O–H groups in total. The van der Waals surface area contributed by atoms with Gasteiger partial charge in [-0.25, -0.2) is 4.79 Å². The highest BCUT2D eigenvalue weighted by Gasteiger charge is 2.47. The minimum absolute atomic E-state index is 0.0659. The fourth-order valence-electron chi connectivity index (χ4n) is 5.52. The number of hydrogen-bond donors (Lipinski definition) is 1. The van der Waals surface area contributed by atoms with Gasteiger partial charge in [0.25, 0.3) is 0 Å². The van der Waals surface area contributed by atoms with Crippen LogP contribution in [0.5, 0.6) is 0 Å². The number of anilines is 1. The predicted molar refractivity (Wildman–Crippen MR) is 135 cm³/mol. The van der Waals surface area contributed by atoms with Crippen LogP contribution < -0.4 is 5.32 Å². The Morgan fingerprint density at radius 3 is 2.23 bits per heavy atom. The number of halogens is 3. The van der Waals surface area contributed by atoms with Crippen LogP contribution in [0.15, 0.2) is 54.6 Å². The number of benzene rings is 2. The van der Waals surface area contributed by atoms with E-state index in [0.29, 0.717) is 6.54 Å². The van der Waals surface area contributed by atoms with Crippen molar-refractivity contribution >= 4 is 11.7 Å². The number of nitrogens with zero attached hydrogens (tertiary/aromatic N) is 2. The van der Waals surface area contributed by atoms with E-state index in [4.69, 9.17) is 0 Å². The first-order valence-electron chi connectivity index (χ1n) is 12.4. The summed E-state index contributed by atoms with van der Waals surface area (Å²) in [5, 5.41) is 2.75. The van der Waals surface area contributed by atoms with Crippen LogP contribution in [-0.4, -0.2) is 39.5 Å². The van der Waals surface area contributed by atoms with E-state index in [0.717, 1.165) is 49.9 Å². The molecule has 3 rings (SSSR count). The molecule has 0 aliphatic carbocycles. The van der Waals surface area contributed by atoms with Crippen molar-refractivity contribution in [3.05, 3.63) is 65.7 Å². The van der Waals surface area contributed by atoms with E-state index in [2.05, 4.69) is 44.8 Å². The van der Waals surface area contributed by atoms with Gasteiger partial charge in [0, 0.05) is 29.4 Å². The molecule has 2 aromatic carbocycles. The Hall–Kier alpha value is -2.54. The zero-order valence-electron chi connectivity index (χ0n) is 21.5. The lowest BCUT2D eigenvalue weighted by molar-refractivity contribution is -0.137. The number of amides is 2. The molecule has 1 aliphatic rings. The molecule has 0 spiro atoms. The molecule has 0 radical (unpaired) electrons. The molecular formula is C28H38F3N3O. The van der Waals surface area contributed by atoms with Gasteiger partial charge in [-0.1, -0.05) is 49.7 Å². The standard InChI is InChI=1S/C28H38F3N3O/c1-6-7-16-34-26(2,3)18-24(19-27(34,4)5)33(20-21-12-9-8-10-13-21)25(35)32-23-15-11-14-22(17-23)28(29,30)31/h8-15,17,24H,6-7,16,18-20H2,1-5H3,(H,32,35). The fraction of sp³-hybridized carbons (Fsp3) is 0.536. The second-order valence-corrected chi connectivity index (χ2v) is 10.8. The number of carbonyl (C=O) groups excluding carboxylic acids is 1. The Bertz CT molecular complexity index is 970. The largest absolute Gasteiger partial charge is 0.416 e. The quantitative estimate of drug-likeness (QED) is 0.436. The van der Waals surface area contributed by atoms with Crippen LogP contribution >= 0.6 is 0 Å². The first kappa shape index (κ1) is 27.1. The van der Waals surface area contributed by atoms with Gasteiger partial charge in [0.15, 0.2) is 0 Å². The van der Waals surface area contributed by atoms with Gasteiger partial charge >= 0.3 is 12.2 Å². The first-order valence-corrected chi connectivity index (χ1v) is 12.4. The third kappa shape index (κ3) is 6.78. The Morgan fingerprint density at radius 1 is 1.03 bits per heavy atom. The Balaban J connectivity index is 1.89. The van der Waals surface area contributed by atoms with Gasteiger partial charge in [0.2, 0.25) is 0 Å². The zero-order valence-corrected chi connectivity index (χ0v) is 21.5. The van der Waals surface area contributed by atoms with E-state index in [1.54, 1.807) is 4.90 Å². The van der Waals surface area contributed by atoms with E-state index >= 15 is 0 Å². The Kier molecular flexibility index (Phi) is 8.20. The van der Waals surface area contributed by atoms with Crippen LogP contribution in [0.1, 0.15) is 71.4 Å². The van der Waals surface area contributed by atoms with Crippen molar-refractivity contribution in [3.63, 3.8) is 0 Å². The molecule has 4 nitrogen and oxygen atoms in total. The number of rotatable bonds is 7. The van der Waals surface area contributed by atoms with E-state index in [-0.39, 0.29) is 28.8 Å². The number of unbranched alkanes of at least 4 members (excludes halogenated alkanes) is 1. The molecular weight excluding hydrogens is 451 g/mol. The molecule has 1 aliphatic heterocycles. The maximum atomic E-state index is 13.6. The lowest BCUT2D eigenvalue weighted by Crippen LogP contribution is -2.65. The predicted octanol–water partition coefficient (Wildman–Crippen LogP) is 7.56. The average molecular weight is 490 g/mol. The minimum Gasteiger partial charge on any atom is -0.317 e. The second-order valence-electron chi connectivity index (χ2n) is 10.8. The minimum atomic E-state index is -4.47. The molecule has 2 aromatic rings. The molecule has 1 fully saturated rings. The van der Waals surface area contributed by atoms with Crippen molar-refractivity contribution in [3.8, 4) is 0 Å². The molecule has 0 saturated carbocycles. The summed E-state index contributed by atoms with van der Waals surface area (Å²) in [6, 6.07) is 14.1. The summed E-state index contributed by atoms with van der Waals surface area (Å²) in [5.41, 5.74) is 0.0777. The number of piperidine rings is 1. The molecule has 0 bridgehead atoms. The van der Waals surface area contributed by atoms with Crippen LogP contribution in [0.3, 0.4) is 0 Å². The number of likely N-dealkylation sites (tertiary alicyclic amines) is 1. The monoisotopic (exact) mass is 489 g/mol. The molecule has 0 unspecified atom stereocenters. The van der Waals surface area contributed by atoms with Crippen molar-refractivity contribution in [2.24, 2.45) is 0 Å². The van der Waals surface area contributed by atoms with Crippen LogP contribution in [0.25, 0.3) is 0 Å². The Morgan fingerprint density at radius 2 is 1.66 bits per heavy atom. The fourth-order valence-corrected chi connectivity index (χ4v) is 5.52. The SMILES string of the molecule is CCCCN1C(C)(C)CC(N(Cc2ccccc2)C(=O)Nc2cccc(C(F)(F)F)c2)CC1(C)C. The third-order valence-corrected chi connectivity index (χ3v) is 7.01. The Labute approximate surface area is 207 Å². The number of urea groups is 1. The first-order chi connectivity index (χ1) is 16.3. The van der Waals surface area contributed by atoms with E-state index in [1.807, 2.05) is 30.3 Å². The lowest BCUT2D eigenvalue weighted by Gasteiger charge is -2.57. The van der Waals surface area contributed by atoms with E-state index in [9.17, 15) is 18.0 Å². The molecule has 192 valence electrons. The summed E-state index contributed by atoms with van der Waals surface area (Å²) >= 11 is 0. The van der Waals surface area contributed by atoms with Crippen molar-refractivity contribution in [2.45, 2.75) is 90.1 Å². The van der Waals surface area contributed by atoms with E-state index in [1.165, 1.54) is 12.1 Å². The topological polar surface area (TPSA) is 35.6 Å². The molecule has 1 saturated heterocycles. The van der Waals surface area contributed by atoms with Gasteiger partial charge < -0.3 is 10.2 Å². The highest BCUT2D eigenvalue weighted by Crippen LogP contribution is 2.41. The van der Waals surface area contributed by atoms with Crippen molar-refractivity contribution < 1.29 is 18.0 Å². The van der Waals surface area contributed by atoms with Gasteiger partial charge in [-0.3, -0.25) is 4.90 Å². The summed E-state index contributed by atoms with van der Waals surface area (Å²) in [6.07, 6.45) is -0.678. The van der Waals surface area contributed by atoms with E-state index < -0.39 is 11.7 Å². The van der Waals surface area contributed by atoms with Gasteiger partial charge in [-0.05, 0) is 77.3 Å². The molecule has 7 heteroatoms. The molecule has 0 atom stereocenters. The van der Waals surface area contributed by atoms with Crippen LogP contribution in [0.4, 0.5) is 23.7 Å². The average Bonchev–Trinajstić information content (AvgIpc) is 2.76. The van der Waals surface area contributed by atoms with Gasteiger partial charge in [0.05, 0.1) is 5.56 Å². The smallest absolute Gasteiger partial charge is 0.317 e. The third-order valence-electron chi connectivity index (χ3n) is 7.01. The highest BCUT2D eigenvalue weighted by atomic mass is 19.4. The highest BCUT2D eigenvalue weighted by molar-refractivity contribution is 5.89. The number of nitrogens with one attached hydrogen (secondary N) is 1. The van der Waals surface area contributed by atoms with Crippen molar-refractivity contribution in [1.82, 2.24) is 9.80 Å². The molecule has 1 heterocycles. The van der Waals surface area contributed by atoms with Crippen LogP contribution in [0, 0.1) is 0 Å². The summed E-state index contributed by atoms with van der Waals surface area (Å²) in [6.45, 7) is 12.5. The second kappa shape index (κ2) is 10.6. The summed E-state index contributed by atoms with van der Waals surface area (Å²) < 4.78 is 39.6. The van der Waals surface area contributed by atoms with Crippen LogP contribution in [-0.2, 0) is 12.7 Å². The summed E-state index contributed by atoms with van der Waals surface area (Å²) in [4.78, 5) is 17.9. The number of alkyl halides is 3. The summed E-state index contributed by atoms with van der Waals surface area (Å²) in [5.74, 6) is 0. The normalized spacial score (nSPS) is 18.3. The number of hydrogen-bond acceptors (Lipinski definition) is 2. The summed E-state index contributed by atoms with van der Waals surface area (Å²) in [7, 11) is 0. The molecule has 2 amide bonds. The maximum absolute atomic E-state index is 13.6. The number of carbonyl (C=O) groups is 1. The molecule has 0 aromatic heterocycles. The lowest BCUT2D eigenvalue weighted by atomic mass is 9.76. The van der Waals surface area contributed by atoms with Crippen molar-refractivity contribution in [1.29, 1.82) is 0 Å². The van der Waals surface area contributed by atoms with Gasteiger partial charge in [0.1, 0.15) is 0 Å². The van der Waals surface area contributed by atoms with Gasteiger partial charge in [-0.15, -0.1) is 0 Å². The van der Waals surface area contributed by atoms with Gasteiger partial charge in [-0.2, -0.15) is 13.2 Å². The van der Waals surface area contributed by atoms with Crippen LogP contribution in [0.2, 0.25) is 0 Å².